The normalized spacial score (nSPS) is 11.7. The van der Waals surface area contributed by atoms with Gasteiger partial charge in [-0.1, -0.05) is 27.7 Å². The number of oxazole rings is 1. The Labute approximate surface area is 121 Å². The Bertz CT molecular complexity index is 558. The van der Waals surface area contributed by atoms with E-state index in [1.807, 2.05) is 18.2 Å². The monoisotopic (exact) mass is 275 g/mol. The summed E-state index contributed by atoms with van der Waals surface area (Å²) in [6.07, 6.45) is 2.17. The molecule has 0 unspecified atom stereocenters. The number of rotatable bonds is 6. The van der Waals surface area contributed by atoms with Crippen LogP contribution in [0.25, 0.3) is 11.1 Å². The lowest BCUT2D eigenvalue weighted by Gasteiger charge is -2.30. The molecule has 0 saturated heterocycles. The minimum absolute atomic E-state index is 0.461. The van der Waals surface area contributed by atoms with Crippen LogP contribution in [0.5, 0.6) is 0 Å². The Hall–Kier alpha value is -1.71. The van der Waals surface area contributed by atoms with Crippen LogP contribution in [0.3, 0.4) is 0 Å². The lowest BCUT2D eigenvalue weighted by molar-refractivity contribution is 0.457. The van der Waals surface area contributed by atoms with Gasteiger partial charge in [0, 0.05) is 24.3 Å². The molecule has 0 atom stereocenters. The summed E-state index contributed by atoms with van der Waals surface area (Å²) in [6.45, 7) is 9.81. The summed E-state index contributed by atoms with van der Waals surface area (Å²) in [5.41, 5.74) is 8.14. The quantitative estimate of drug-likeness (QED) is 0.808. The van der Waals surface area contributed by atoms with Gasteiger partial charge in [0.1, 0.15) is 5.52 Å². The molecule has 0 aliphatic heterocycles. The second-order valence-corrected chi connectivity index (χ2v) is 5.74. The predicted octanol–water partition coefficient (Wildman–Crippen LogP) is 4.06. The van der Waals surface area contributed by atoms with E-state index in [-0.39, 0.29) is 0 Å². The van der Waals surface area contributed by atoms with Crippen molar-refractivity contribution in [3.05, 3.63) is 18.2 Å². The molecule has 0 spiro atoms. The first-order valence-corrected chi connectivity index (χ1v) is 7.47. The summed E-state index contributed by atoms with van der Waals surface area (Å²) < 4.78 is 5.93. The molecule has 0 aliphatic carbocycles. The minimum Gasteiger partial charge on any atom is -0.423 e. The van der Waals surface area contributed by atoms with Gasteiger partial charge in [-0.25, -0.2) is 0 Å². The van der Waals surface area contributed by atoms with Crippen LogP contribution in [0.2, 0.25) is 0 Å². The molecule has 2 aromatic rings. The third kappa shape index (κ3) is 3.06. The van der Waals surface area contributed by atoms with Gasteiger partial charge in [0.2, 0.25) is 0 Å². The zero-order valence-corrected chi connectivity index (χ0v) is 12.9. The first-order valence-electron chi connectivity index (χ1n) is 7.47. The van der Waals surface area contributed by atoms with E-state index in [4.69, 9.17) is 10.2 Å². The Balaban J connectivity index is 2.39. The summed E-state index contributed by atoms with van der Waals surface area (Å²) in [5, 5.41) is 0. The first-order chi connectivity index (χ1) is 9.55. The highest BCUT2D eigenvalue weighted by atomic mass is 16.4. The Kier molecular flexibility index (Phi) is 4.53. The summed E-state index contributed by atoms with van der Waals surface area (Å²) in [4.78, 5) is 6.92. The summed E-state index contributed by atoms with van der Waals surface area (Å²) in [7, 11) is 0. The van der Waals surface area contributed by atoms with Crippen molar-refractivity contribution in [3.8, 4) is 0 Å². The molecule has 1 aromatic carbocycles. The number of nitrogens with two attached hydrogens (primary N) is 1. The molecular formula is C16H25N3O. The van der Waals surface area contributed by atoms with Crippen molar-refractivity contribution >= 4 is 22.8 Å². The second-order valence-electron chi connectivity index (χ2n) is 5.74. The van der Waals surface area contributed by atoms with E-state index in [1.165, 1.54) is 0 Å². The largest absolute Gasteiger partial charge is 0.423 e. The maximum absolute atomic E-state index is 5.93. The number of nitrogen functional groups attached to an aromatic ring is 1. The van der Waals surface area contributed by atoms with E-state index >= 15 is 0 Å². The lowest BCUT2D eigenvalue weighted by Crippen LogP contribution is -2.37. The van der Waals surface area contributed by atoms with Crippen molar-refractivity contribution in [2.24, 2.45) is 5.92 Å². The molecular weight excluding hydrogens is 250 g/mol. The van der Waals surface area contributed by atoms with Crippen molar-refractivity contribution in [2.75, 3.05) is 17.2 Å². The molecule has 0 saturated carbocycles. The molecule has 0 fully saturated rings. The topological polar surface area (TPSA) is 55.3 Å². The average molecular weight is 275 g/mol. The fourth-order valence-electron chi connectivity index (χ4n) is 2.56. The van der Waals surface area contributed by atoms with Crippen LogP contribution >= 0.6 is 0 Å². The Morgan fingerprint density at radius 2 is 1.95 bits per heavy atom. The van der Waals surface area contributed by atoms with Gasteiger partial charge < -0.3 is 15.1 Å². The van der Waals surface area contributed by atoms with Crippen molar-refractivity contribution < 1.29 is 4.42 Å². The third-order valence-corrected chi connectivity index (χ3v) is 3.59. The van der Waals surface area contributed by atoms with E-state index in [2.05, 4.69) is 37.6 Å². The summed E-state index contributed by atoms with van der Waals surface area (Å²) in [5.74, 6) is 0.565. The van der Waals surface area contributed by atoms with Crippen molar-refractivity contribution in [1.29, 1.82) is 0 Å². The molecule has 2 N–H and O–H groups in total. The standard InChI is InChI=1S/C16H25N3O/c1-5-13(6-2)19(10-11(3)4)16-18-14-8-7-12(17)9-15(14)20-16/h7-9,11,13H,5-6,10,17H2,1-4H3. The number of fused-ring (bicyclic) bond motifs is 1. The molecule has 0 aliphatic rings. The van der Waals surface area contributed by atoms with Gasteiger partial charge in [0.25, 0.3) is 6.01 Å². The number of hydrogen-bond donors (Lipinski definition) is 1. The molecule has 0 bridgehead atoms. The zero-order valence-electron chi connectivity index (χ0n) is 12.9. The number of nitrogens with zero attached hydrogens (tertiary/aromatic N) is 2. The van der Waals surface area contributed by atoms with Crippen molar-refractivity contribution in [1.82, 2.24) is 4.98 Å². The highest BCUT2D eigenvalue weighted by Gasteiger charge is 2.21. The molecule has 1 aromatic heterocycles. The van der Waals surface area contributed by atoms with Gasteiger partial charge in [-0.3, -0.25) is 0 Å². The van der Waals surface area contributed by atoms with Crippen molar-refractivity contribution in [2.45, 2.75) is 46.6 Å². The molecule has 1 heterocycles. The van der Waals surface area contributed by atoms with E-state index in [0.29, 0.717) is 23.7 Å². The van der Waals surface area contributed by atoms with E-state index in [1.54, 1.807) is 0 Å². The summed E-state index contributed by atoms with van der Waals surface area (Å²) in [6, 6.07) is 6.79. The molecule has 4 nitrogen and oxygen atoms in total. The molecule has 4 heteroatoms. The zero-order chi connectivity index (χ0) is 14.7. The van der Waals surface area contributed by atoms with Gasteiger partial charge in [0.05, 0.1) is 0 Å². The van der Waals surface area contributed by atoms with Gasteiger partial charge >= 0.3 is 0 Å². The number of hydrogen-bond acceptors (Lipinski definition) is 4. The first kappa shape index (κ1) is 14.7. The minimum atomic E-state index is 0.461. The van der Waals surface area contributed by atoms with Crippen molar-refractivity contribution in [3.63, 3.8) is 0 Å². The van der Waals surface area contributed by atoms with E-state index in [0.717, 1.165) is 30.5 Å². The maximum Gasteiger partial charge on any atom is 0.298 e. The number of anilines is 2. The Morgan fingerprint density at radius 1 is 1.25 bits per heavy atom. The third-order valence-electron chi connectivity index (χ3n) is 3.59. The summed E-state index contributed by atoms with van der Waals surface area (Å²) >= 11 is 0. The highest BCUT2D eigenvalue weighted by molar-refractivity contribution is 5.78. The van der Waals surface area contributed by atoms with E-state index in [9.17, 15) is 0 Å². The van der Waals surface area contributed by atoms with Gasteiger partial charge in [0.15, 0.2) is 5.58 Å². The van der Waals surface area contributed by atoms with Crippen LogP contribution in [-0.4, -0.2) is 17.6 Å². The Morgan fingerprint density at radius 3 is 2.55 bits per heavy atom. The number of benzene rings is 1. The average Bonchev–Trinajstić information content (AvgIpc) is 2.81. The number of aromatic nitrogens is 1. The molecule has 0 radical (unpaired) electrons. The van der Waals surface area contributed by atoms with Crippen LogP contribution in [0.15, 0.2) is 22.6 Å². The molecule has 20 heavy (non-hydrogen) atoms. The second kappa shape index (κ2) is 6.16. The van der Waals surface area contributed by atoms with Gasteiger partial charge in [-0.15, -0.1) is 0 Å². The van der Waals surface area contributed by atoms with Crippen LogP contribution in [-0.2, 0) is 0 Å². The SMILES string of the molecule is CCC(CC)N(CC(C)C)c1nc2ccc(N)cc2o1. The lowest BCUT2D eigenvalue weighted by atomic mass is 10.1. The predicted molar refractivity (Wildman–Crippen MR) is 85.0 cm³/mol. The molecule has 110 valence electrons. The van der Waals surface area contributed by atoms with Crippen LogP contribution in [0.4, 0.5) is 11.7 Å². The van der Waals surface area contributed by atoms with Crippen LogP contribution < -0.4 is 10.6 Å². The van der Waals surface area contributed by atoms with E-state index < -0.39 is 0 Å². The fourth-order valence-corrected chi connectivity index (χ4v) is 2.56. The van der Waals surface area contributed by atoms with Crippen LogP contribution in [0.1, 0.15) is 40.5 Å². The maximum atomic E-state index is 5.93. The molecule has 0 amide bonds. The fraction of sp³-hybridized carbons (Fsp3) is 0.562. The van der Waals surface area contributed by atoms with Crippen LogP contribution in [0, 0.1) is 5.92 Å². The molecule has 2 rings (SSSR count). The highest BCUT2D eigenvalue weighted by Crippen LogP contribution is 2.27. The van der Waals surface area contributed by atoms with Gasteiger partial charge in [-0.2, -0.15) is 4.98 Å². The van der Waals surface area contributed by atoms with Gasteiger partial charge in [-0.05, 0) is 30.9 Å². The smallest absolute Gasteiger partial charge is 0.298 e.